The maximum absolute atomic E-state index is 2.65. The van der Waals surface area contributed by atoms with Crippen LogP contribution >= 0.6 is 0 Å². The molecule has 0 aliphatic heterocycles. The molecule has 1 saturated carbocycles. The molecule has 0 heterocycles. The van der Waals surface area contributed by atoms with Crippen molar-refractivity contribution in [3.63, 3.8) is 0 Å². The summed E-state index contributed by atoms with van der Waals surface area (Å²) < 4.78 is 0. The molecule has 0 heteroatoms. The lowest BCUT2D eigenvalue weighted by Gasteiger charge is -2.20. The Hall–Kier alpha value is 0. The molecule has 1 aliphatic carbocycles. The van der Waals surface area contributed by atoms with Gasteiger partial charge in [-0.1, -0.05) is 122 Å². The number of unbranched alkanes of at least 4 members (excludes halogenated alkanes) is 13. The van der Waals surface area contributed by atoms with Gasteiger partial charge in [0.1, 0.15) is 0 Å². The normalized spacial score (nSPS) is 16.2. The van der Waals surface area contributed by atoms with Crippen molar-refractivity contribution in [3.8, 4) is 0 Å². The van der Waals surface area contributed by atoms with Crippen LogP contribution in [-0.4, -0.2) is 0 Å². The van der Waals surface area contributed by atoms with Crippen LogP contribution in [0.1, 0.15) is 129 Å². The van der Waals surface area contributed by atoms with Gasteiger partial charge >= 0.3 is 0 Å². The Morgan fingerprint density at radius 3 is 1.55 bits per heavy atom. The van der Waals surface area contributed by atoms with Gasteiger partial charge in [-0.3, -0.25) is 0 Å². The quantitative estimate of drug-likeness (QED) is 0.267. The summed E-state index contributed by atoms with van der Waals surface area (Å²) in [6, 6.07) is 0. The Kier molecular flexibility index (Phi) is 14.5. The molecule has 1 radical (unpaired) electrons. The molecule has 0 aromatic heterocycles. The van der Waals surface area contributed by atoms with E-state index in [1.54, 1.807) is 0 Å². The third-order valence-corrected chi connectivity index (χ3v) is 5.46. The van der Waals surface area contributed by atoms with Crippen LogP contribution in [0.2, 0.25) is 0 Å². The van der Waals surface area contributed by atoms with Gasteiger partial charge in [-0.25, -0.2) is 0 Å². The summed E-state index contributed by atoms with van der Waals surface area (Å²) in [5, 5.41) is 0. The van der Waals surface area contributed by atoms with E-state index >= 15 is 0 Å². The van der Waals surface area contributed by atoms with E-state index in [9.17, 15) is 0 Å². The largest absolute Gasteiger partial charge is 0.0654 e. The average Bonchev–Trinajstić information content (AvgIpc) is 2.56. The first-order valence-electron chi connectivity index (χ1n) is 10.8. The predicted octanol–water partition coefficient (Wildman–Crippen LogP) is 8.25. The van der Waals surface area contributed by atoms with E-state index in [-0.39, 0.29) is 0 Å². The minimum Gasteiger partial charge on any atom is -0.0654 e. The van der Waals surface area contributed by atoms with E-state index in [0.29, 0.717) is 0 Å². The molecule has 0 N–H and O–H groups in total. The standard InChI is InChI=1S/C22H43/c1-2-3-4-5-6-7-8-9-10-11-12-13-14-16-19-22-20-17-15-18-21-22/h19,22H,2-18,20-21H2,1H3. The van der Waals surface area contributed by atoms with Crippen LogP contribution in [0.5, 0.6) is 0 Å². The fraction of sp³-hybridized carbons (Fsp3) is 0.955. The van der Waals surface area contributed by atoms with Gasteiger partial charge in [0.2, 0.25) is 0 Å². The van der Waals surface area contributed by atoms with Crippen molar-refractivity contribution in [2.75, 3.05) is 0 Å². The van der Waals surface area contributed by atoms with Crippen LogP contribution in [0.25, 0.3) is 0 Å². The minimum atomic E-state index is 0.978. The number of hydrogen-bond acceptors (Lipinski definition) is 0. The summed E-state index contributed by atoms with van der Waals surface area (Å²) in [6.45, 7) is 2.30. The lowest BCUT2D eigenvalue weighted by molar-refractivity contribution is 0.387. The van der Waals surface area contributed by atoms with Crippen molar-refractivity contribution in [3.05, 3.63) is 6.42 Å². The molecule has 0 aromatic rings. The van der Waals surface area contributed by atoms with E-state index in [1.165, 1.54) is 122 Å². The Bertz CT molecular complexity index is 202. The van der Waals surface area contributed by atoms with E-state index in [2.05, 4.69) is 13.3 Å². The van der Waals surface area contributed by atoms with Gasteiger partial charge in [0.15, 0.2) is 0 Å². The van der Waals surface area contributed by atoms with E-state index in [0.717, 1.165) is 5.92 Å². The maximum Gasteiger partial charge on any atom is -0.0355 e. The van der Waals surface area contributed by atoms with Crippen LogP contribution in [0, 0.1) is 12.3 Å². The molecule has 0 amide bonds. The molecule has 1 rings (SSSR count). The third-order valence-electron chi connectivity index (χ3n) is 5.46. The van der Waals surface area contributed by atoms with Crippen molar-refractivity contribution in [1.29, 1.82) is 0 Å². The highest BCUT2D eigenvalue weighted by Crippen LogP contribution is 2.27. The molecule has 0 atom stereocenters. The van der Waals surface area contributed by atoms with Crippen molar-refractivity contribution >= 4 is 0 Å². The van der Waals surface area contributed by atoms with E-state index in [4.69, 9.17) is 0 Å². The molecule has 0 saturated heterocycles. The summed E-state index contributed by atoms with van der Waals surface area (Å²) in [7, 11) is 0. The van der Waals surface area contributed by atoms with Crippen LogP contribution in [0.15, 0.2) is 0 Å². The van der Waals surface area contributed by atoms with Crippen molar-refractivity contribution < 1.29 is 0 Å². The highest BCUT2D eigenvalue weighted by molar-refractivity contribution is 4.79. The van der Waals surface area contributed by atoms with Crippen molar-refractivity contribution in [1.82, 2.24) is 0 Å². The second-order valence-corrected chi connectivity index (χ2v) is 7.67. The molecule has 0 spiro atoms. The zero-order valence-electron chi connectivity index (χ0n) is 15.6. The van der Waals surface area contributed by atoms with Crippen LogP contribution in [-0.2, 0) is 0 Å². The summed E-state index contributed by atoms with van der Waals surface area (Å²) in [6.07, 6.45) is 30.6. The fourth-order valence-electron chi connectivity index (χ4n) is 3.89. The van der Waals surface area contributed by atoms with Crippen LogP contribution in [0.3, 0.4) is 0 Å². The lowest BCUT2D eigenvalue weighted by Crippen LogP contribution is -2.06. The summed E-state index contributed by atoms with van der Waals surface area (Å²) in [4.78, 5) is 0. The zero-order valence-corrected chi connectivity index (χ0v) is 15.6. The molecular formula is C22H43. The Balaban J connectivity index is 1.68. The first-order chi connectivity index (χ1) is 10.9. The SMILES string of the molecule is CCCCCCCCCCCCCCC[CH]C1CCCCC1. The molecule has 0 nitrogen and oxygen atoms in total. The van der Waals surface area contributed by atoms with Crippen LogP contribution < -0.4 is 0 Å². The Morgan fingerprint density at radius 1 is 0.591 bits per heavy atom. The topological polar surface area (TPSA) is 0 Å². The zero-order chi connectivity index (χ0) is 15.7. The number of hydrogen-bond donors (Lipinski definition) is 0. The molecule has 0 aromatic carbocycles. The minimum absolute atomic E-state index is 0.978. The monoisotopic (exact) mass is 307 g/mol. The maximum atomic E-state index is 2.65. The molecule has 0 unspecified atom stereocenters. The van der Waals surface area contributed by atoms with Gasteiger partial charge in [0.25, 0.3) is 0 Å². The van der Waals surface area contributed by atoms with E-state index in [1.807, 2.05) is 0 Å². The molecule has 1 fully saturated rings. The van der Waals surface area contributed by atoms with E-state index < -0.39 is 0 Å². The fourth-order valence-corrected chi connectivity index (χ4v) is 3.89. The number of rotatable bonds is 15. The molecule has 1 aliphatic rings. The molecule has 22 heavy (non-hydrogen) atoms. The highest BCUT2D eigenvalue weighted by Gasteiger charge is 2.12. The molecule has 0 bridgehead atoms. The smallest absolute Gasteiger partial charge is 0.0355 e. The first kappa shape index (κ1) is 20.0. The van der Waals surface area contributed by atoms with Crippen molar-refractivity contribution in [2.24, 2.45) is 5.92 Å². The molecular weight excluding hydrogens is 264 g/mol. The average molecular weight is 308 g/mol. The summed E-state index contributed by atoms with van der Waals surface area (Å²) in [5.41, 5.74) is 0. The van der Waals surface area contributed by atoms with Gasteiger partial charge in [0, 0.05) is 0 Å². The Morgan fingerprint density at radius 2 is 1.05 bits per heavy atom. The van der Waals surface area contributed by atoms with Crippen molar-refractivity contribution in [2.45, 2.75) is 129 Å². The summed E-state index contributed by atoms with van der Waals surface area (Å²) in [5.74, 6) is 0.978. The van der Waals surface area contributed by atoms with Gasteiger partial charge in [-0.2, -0.15) is 0 Å². The summed E-state index contributed by atoms with van der Waals surface area (Å²) >= 11 is 0. The highest BCUT2D eigenvalue weighted by atomic mass is 14.2. The van der Waals surface area contributed by atoms with Gasteiger partial charge < -0.3 is 0 Å². The van der Waals surface area contributed by atoms with Gasteiger partial charge in [-0.15, -0.1) is 0 Å². The second kappa shape index (κ2) is 15.9. The second-order valence-electron chi connectivity index (χ2n) is 7.67. The predicted molar refractivity (Wildman–Crippen MR) is 101 cm³/mol. The first-order valence-corrected chi connectivity index (χ1v) is 10.8. The van der Waals surface area contributed by atoms with Gasteiger partial charge in [0.05, 0.1) is 0 Å². The van der Waals surface area contributed by atoms with Gasteiger partial charge in [-0.05, 0) is 18.8 Å². The molecule has 131 valence electrons. The van der Waals surface area contributed by atoms with Crippen LogP contribution in [0.4, 0.5) is 0 Å². The Labute approximate surface area is 141 Å². The third kappa shape index (κ3) is 12.5. The lowest BCUT2D eigenvalue weighted by atomic mass is 9.85.